The molecule has 3 aliphatic rings. The van der Waals surface area contributed by atoms with Crippen LogP contribution in [0.1, 0.15) is 34.9 Å². The normalized spacial score (nSPS) is 23.6. The lowest BCUT2D eigenvalue weighted by atomic mass is 10.1. The number of hydrogen-bond donors (Lipinski definition) is 1. The van der Waals surface area contributed by atoms with E-state index in [4.69, 9.17) is 9.90 Å². The van der Waals surface area contributed by atoms with Gasteiger partial charge in [-0.05, 0) is 53.3 Å². The third kappa shape index (κ3) is 4.39. The van der Waals surface area contributed by atoms with Crippen molar-refractivity contribution in [3.8, 4) is 0 Å². The van der Waals surface area contributed by atoms with Crippen LogP contribution in [0.5, 0.6) is 0 Å². The van der Waals surface area contributed by atoms with Gasteiger partial charge >= 0.3 is 12.1 Å². The highest BCUT2D eigenvalue weighted by Gasteiger charge is 2.46. The molecule has 0 spiro atoms. The average molecular weight is 441 g/mol. The molecule has 2 aliphatic heterocycles. The molecule has 1 amide bonds. The van der Waals surface area contributed by atoms with Gasteiger partial charge < -0.3 is 14.6 Å². The second-order valence-electron chi connectivity index (χ2n) is 7.96. The van der Waals surface area contributed by atoms with Crippen molar-refractivity contribution < 1.29 is 27.9 Å². The van der Waals surface area contributed by atoms with E-state index in [9.17, 15) is 18.0 Å². The number of carbonyl (C=O) groups is 2. The lowest BCUT2D eigenvalue weighted by Gasteiger charge is -2.38. The van der Waals surface area contributed by atoms with Gasteiger partial charge in [0.25, 0.3) is 5.91 Å². The molecule has 1 N–H and O–H groups in total. The summed E-state index contributed by atoms with van der Waals surface area (Å²) in [5.41, 5.74) is 2.27. The minimum absolute atomic E-state index is 0.237. The molecule has 2 fully saturated rings. The number of halogens is 3. The van der Waals surface area contributed by atoms with Gasteiger partial charge in [-0.15, -0.1) is 0 Å². The number of aromatic nitrogens is 1. The van der Waals surface area contributed by atoms with Gasteiger partial charge in [0.05, 0.1) is 12.1 Å². The highest BCUT2D eigenvalue weighted by atomic mass is 32.1. The lowest BCUT2D eigenvalue weighted by molar-refractivity contribution is -0.192. The van der Waals surface area contributed by atoms with Gasteiger partial charge in [0.2, 0.25) is 0 Å². The molecule has 1 saturated carbocycles. The zero-order valence-corrected chi connectivity index (χ0v) is 16.9. The summed E-state index contributed by atoms with van der Waals surface area (Å²) in [6.45, 7) is 3.99. The van der Waals surface area contributed by atoms with Gasteiger partial charge in [0.1, 0.15) is 5.69 Å². The first-order chi connectivity index (χ1) is 14.2. The molecule has 0 bridgehead atoms. The number of nitrogens with zero attached hydrogens (tertiary/aromatic N) is 3. The molecule has 5 rings (SSSR count). The quantitative estimate of drug-likeness (QED) is 0.789. The van der Waals surface area contributed by atoms with Crippen LogP contribution in [-0.4, -0.2) is 63.2 Å². The molecule has 2 aromatic rings. The Labute approximate surface area is 175 Å². The van der Waals surface area contributed by atoms with Gasteiger partial charge in [-0.3, -0.25) is 9.69 Å². The molecule has 1 saturated heterocycles. The number of thiophene rings is 1. The Bertz CT molecular complexity index is 908. The Morgan fingerprint density at radius 1 is 1.20 bits per heavy atom. The summed E-state index contributed by atoms with van der Waals surface area (Å²) in [4.78, 5) is 26.5. The molecule has 2 unspecified atom stereocenters. The van der Waals surface area contributed by atoms with E-state index in [1.165, 1.54) is 18.4 Å². The summed E-state index contributed by atoms with van der Waals surface area (Å²) in [6, 6.07) is 6.96. The highest BCUT2D eigenvalue weighted by molar-refractivity contribution is 7.07. The van der Waals surface area contributed by atoms with Crippen LogP contribution in [0.25, 0.3) is 0 Å². The lowest BCUT2D eigenvalue weighted by Crippen LogP contribution is -2.51. The van der Waals surface area contributed by atoms with E-state index in [0.29, 0.717) is 12.1 Å². The Kier molecular flexibility index (Phi) is 5.63. The second-order valence-corrected chi connectivity index (χ2v) is 8.74. The van der Waals surface area contributed by atoms with E-state index in [1.54, 1.807) is 11.3 Å². The predicted molar refractivity (Wildman–Crippen MR) is 104 cm³/mol. The summed E-state index contributed by atoms with van der Waals surface area (Å²) < 4.78 is 34.0. The number of carboxylic acids is 1. The Balaban J connectivity index is 0.000000272. The fourth-order valence-electron chi connectivity index (χ4n) is 4.16. The fourth-order valence-corrected chi connectivity index (χ4v) is 4.82. The first kappa shape index (κ1) is 20.9. The Morgan fingerprint density at radius 3 is 2.50 bits per heavy atom. The molecular formula is C20H22F3N3O3S. The van der Waals surface area contributed by atoms with Crippen molar-refractivity contribution >= 4 is 23.2 Å². The van der Waals surface area contributed by atoms with E-state index >= 15 is 0 Å². The van der Waals surface area contributed by atoms with Crippen LogP contribution in [0.2, 0.25) is 0 Å². The first-order valence-corrected chi connectivity index (χ1v) is 10.7. The van der Waals surface area contributed by atoms with E-state index in [-0.39, 0.29) is 5.91 Å². The minimum Gasteiger partial charge on any atom is -0.475 e. The van der Waals surface area contributed by atoms with Crippen LogP contribution in [0, 0.1) is 5.92 Å². The minimum atomic E-state index is -5.08. The van der Waals surface area contributed by atoms with E-state index in [0.717, 1.165) is 37.8 Å². The van der Waals surface area contributed by atoms with E-state index < -0.39 is 12.1 Å². The van der Waals surface area contributed by atoms with Gasteiger partial charge in [0, 0.05) is 32.4 Å². The van der Waals surface area contributed by atoms with Crippen molar-refractivity contribution in [1.82, 2.24) is 14.4 Å². The number of alkyl halides is 3. The maximum Gasteiger partial charge on any atom is 0.490 e. The summed E-state index contributed by atoms with van der Waals surface area (Å²) in [5, 5.41) is 11.5. The van der Waals surface area contributed by atoms with Gasteiger partial charge in [-0.2, -0.15) is 24.5 Å². The smallest absolute Gasteiger partial charge is 0.475 e. The molecule has 2 atom stereocenters. The van der Waals surface area contributed by atoms with Crippen LogP contribution in [-0.2, 0) is 11.3 Å². The molecule has 0 radical (unpaired) electrons. The van der Waals surface area contributed by atoms with Crippen LogP contribution in [0.3, 0.4) is 0 Å². The van der Waals surface area contributed by atoms with Crippen LogP contribution in [0.15, 0.2) is 35.2 Å². The monoisotopic (exact) mass is 441 g/mol. The number of rotatable bonds is 4. The number of aliphatic carboxylic acids is 1. The Hall–Kier alpha value is -2.33. The molecule has 10 heteroatoms. The third-order valence-electron chi connectivity index (χ3n) is 5.73. The summed E-state index contributed by atoms with van der Waals surface area (Å²) in [7, 11) is 0. The highest BCUT2D eigenvalue weighted by Crippen LogP contribution is 2.38. The average Bonchev–Trinajstić information content (AvgIpc) is 3.07. The van der Waals surface area contributed by atoms with Gasteiger partial charge in [-0.1, -0.05) is 0 Å². The summed E-state index contributed by atoms with van der Waals surface area (Å²) in [6.07, 6.45) is -0.408. The predicted octanol–water partition coefficient (Wildman–Crippen LogP) is 3.47. The van der Waals surface area contributed by atoms with Crippen LogP contribution < -0.4 is 0 Å². The van der Waals surface area contributed by atoms with Crippen LogP contribution >= 0.6 is 11.3 Å². The summed E-state index contributed by atoms with van der Waals surface area (Å²) >= 11 is 1.76. The van der Waals surface area contributed by atoms with Crippen molar-refractivity contribution in [2.24, 2.45) is 5.92 Å². The largest absolute Gasteiger partial charge is 0.490 e. The third-order valence-corrected chi connectivity index (χ3v) is 6.46. The summed E-state index contributed by atoms with van der Waals surface area (Å²) in [5.74, 6) is -1.78. The molecular weight excluding hydrogens is 419 g/mol. The van der Waals surface area contributed by atoms with Crippen molar-refractivity contribution in [2.45, 2.75) is 37.6 Å². The molecule has 6 nitrogen and oxygen atoms in total. The van der Waals surface area contributed by atoms with Crippen LogP contribution in [0.4, 0.5) is 13.2 Å². The fraction of sp³-hybridized carbons (Fsp3) is 0.500. The first-order valence-electron chi connectivity index (χ1n) is 9.75. The number of carbonyl (C=O) groups excluding carboxylic acids is 1. The topological polar surface area (TPSA) is 65.8 Å². The molecule has 0 aromatic carbocycles. The Morgan fingerprint density at radius 2 is 1.90 bits per heavy atom. The van der Waals surface area contributed by atoms with E-state index in [1.807, 2.05) is 12.1 Å². The number of likely N-dealkylation sites (tertiary alicyclic amines) is 1. The van der Waals surface area contributed by atoms with E-state index in [2.05, 4.69) is 37.4 Å². The number of carboxylic acid groups (broad SMARTS) is 1. The van der Waals surface area contributed by atoms with Crippen molar-refractivity contribution in [3.05, 3.63) is 46.4 Å². The number of fused-ring (bicyclic) bond motifs is 3. The number of hydrogen-bond acceptors (Lipinski definition) is 4. The van der Waals surface area contributed by atoms with Gasteiger partial charge in [-0.25, -0.2) is 4.79 Å². The number of amides is 1. The molecule has 2 aromatic heterocycles. The standard InChI is InChI=1S/C18H21N3OS.C2HF3O2/c22-18-15-2-1-6-20(15)16-10-19(8-14-5-7-23-12-14)11-17(16)21(18)9-13-3-4-13;3-2(4,5)1(6)7/h1-2,5-7,12-13,16-17H,3-4,8-11H2;(H,6,7). The van der Waals surface area contributed by atoms with Gasteiger partial charge in [0.15, 0.2) is 0 Å². The maximum atomic E-state index is 12.9. The zero-order valence-electron chi connectivity index (χ0n) is 16.1. The SMILES string of the molecule is O=C(O)C(F)(F)F.O=C1c2cccn2C2CN(Cc3ccsc3)CC2N1CC1CC1. The zero-order chi connectivity index (χ0) is 21.5. The molecule has 162 valence electrons. The maximum absolute atomic E-state index is 12.9. The van der Waals surface area contributed by atoms with Crippen molar-refractivity contribution in [1.29, 1.82) is 0 Å². The second kappa shape index (κ2) is 8.07. The molecule has 4 heterocycles. The van der Waals surface area contributed by atoms with Crippen molar-refractivity contribution in [3.63, 3.8) is 0 Å². The molecule has 30 heavy (non-hydrogen) atoms. The molecule has 1 aliphatic carbocycles. The van der Waals surface area contributed by atoms with Crippen molar-refractivity contribution in [2.75, 3.05) is 19.6 Å².